The fourth-order valence-electron chi connectivity index (χ4n) is 2.37. The first kappa shape index (κ1) is 14.4. The maximum absolute atomic E-state index is 5.78. The number of benzene rings is 1. The number of ether oxygens (including phenoxy) is 1. The second kappa shape index (κ2) is 6.92. The van der Waals surface area contributed by atoms with E-state index in [1.165, 1.54) is 6.42 Å². The van der Waals surface area contributed by atoms with Crippen LogP contribution in [0.1, 0.15) is 32.6 Å². The van der Waals surface area contributed by atoms with Crippen molar-refractivity contribution >= 4 is 37.5 Å². The van der Waals surface area contributed by atoms with Gasteiger partial charge in [0.2, 0.25) is 0 Å². The van der Waals surface area contributed by atoms with E-state index in [4.69, 9.17) is 4.74 Å². The molecule has 2 unspecified atom stereocenters. The predicted octanol–water partition coefficient (Wildman–Crippen LogP) is 4.97. The largest absolute Gasteiger partial charge is 0.380 e. The minimum Gasteiger partial charge on any atom is -0.380 e. The van der Waals surface area contributed by atoms with Gasteiger partial charge in [0, 0.05) is 21.6 Å². The summed E-state index contributed by atoms with van der Waals surface area (Å²) in [6, 6.07) is 6.67. The highest BCUT2D eigenvalue weighted by molar-refractivity contribution is 9.11. The minimum atomic E-state index is 0.419. The van der Waals surface area contributed by atoms with Gasteiger partial charge >= 0.3 is 0 Å². The lowest BCUT2D eigenvalue weighted by molar-refractivity contribution is 0.00596. The first-order valence-corrected chi connectivity index (χ1v) is 8.11. The Morgan fingerprint density at radius 3 is 2.72 bits per heavy atom. The number of hydrogen-bond acceptors (Lipinski definition) is 2. The van der Waals surface area contributed by atoms with E-state index in [1.54, 1.807) is 0 Å². The van der Waals surface area contributed by atoms with E-state index in [0.29, 0.717) is 12.1 Å². The van der Waals surface area contributed by atoms with Crippen LogP contribution >= 0.6 is 31.9 Å². The topological polar surface area (TPSA) is 21.3 Å². The Kier molecular flexibility index (Phi) is 5.52. The molecular weight excluding hydrogens is 358 g/mol. The van der Waals surface area contributed by atoms with Crippen molar-refractivity contribution in [3.8, 4) is 0 Å². The van der Waals surface area contributed by atoms with Crippen LogP contribution < -0.4 is 5.32 Å². The molecule has 2 rings (SSSR count). The monoisotopic (exact) mass is 375 g/mol. The maximum Gasteiger partial charge on any atom is 0.0631 e. The summed E-state index contributed by atoms with van der Waals surface area (Å²) in [6.07, 6.45) is 4.95. The molecule has 0 saturated carbocycles. The Morgan fingerprint density at radius 1 is 1.33 bits per heavy atom. The zero-order chi connectivity index (χ0) is 13.0. The van der Waals surface area contributed by atoms with E-state index in [1.807, 2.05) is 6.07 Å². The van der Waals surface area contributed by atoms with E-state index >= 15 is 0 Å². The van der Waals surface area contributed by atoms with Gasteiger partial charge in [-0.1, -0.05) is 19.4 Å². The lowest BCUT2D eigenvalue weighted by atomic mass is 10.00. The highest BCUT2D eigenvalue weighted by atomic mass is 79.9. The van der Waals surface area contributed by atoms with Gasteiger partial charge in [-0.25, -0.2) is 0 Å². The van der Waals surface area contributed by atoms with Crippen molar-refractivity contribution in [3.63, 3.8) is 0 Å². The predicted molar refractivity (Wildman–Crippen MR) is 83.1 cm³/mol. The van der Waals surface area contributed by atoms with Crippen molar-refractivity contribution in [2.24, 2.45) is 0 Å². The fourth-order valence-corrected chi connectivity index (χ4v) is 3.60. The van der Waals surface area contributed by atoms with Crippen LogP contribution in [0.5, 0.6) is 0 Å². The number of anilines is 1. The molecule has 2 nitrogen and oxygen atoms in total. The molecule has 1 aromatic carbocycles. The second-order valence-electron chi connectivity index (χ2n) is 4.74. The first-order valence-electron chi connectivity index (χ1n) is 6.53. The van der Waals surface area contributed by atoms with Gasteiger partial charge in [-0.15, -0.1) is 0 Å². The van der Waals surface area contributed by atoms with E-state index in [0.717, 1.165) is 40.5 Å². The molecule has 0 aliphatic carbocycles. The summed E-state index contributed by atoms with van der Waals surface area (Å²) in [7, 11) is 0. The highest BCUT2D eigenvalue weighted by Gasteiger charge is 2.22. The average molecular weight is 377 g/mol. The Hall–Kier alpha value is -0.0600. The van der Waals surface area contributed by atoms with Crippen molar-refractivity contribution in [1.29, 1.82) is 0 Å². The molecule has 1 aliphatic heterocycles. The quantitative estimate of drug-likeness (QED) is 0.800. The minimum absolute atomic E-state index is 0.419. The smallest absolute Gasteiger partial charge is 0.0631 e. The molecule has 0 amide bonds. The molecule has 1 fully saturated rings. The van der Waals surface area contributed by atoms with Gasteiger partial charge in [0.1, 0.15) is 0 Å². The Labute approximate surface area is 126 Å². The molecule has 18 heavy (non-hydrogen) atoms. The summed E-state index contributed by atoms with van der Waals surface area (Å²) in [6.45, 7) is 3.08. The van der Waals surface area contributed by atoms with Crippen molar-refractivity contribution in [1.82, 2.24) is 0 Å². The van der Waals surface area contributed by atoms with Crippen LogP contribution in [0.2, 0.25) is 0 Å². The molecule has 1 aromatic rings. The lowest BCUT2D eigenvalue weighted by Gasteiger charge is -2.31. The highest BCUT2D eigenvalue weighted by Crippen LogP contribution is 2.32. The number of nitrogens with one attached hydrogen (secondary N) is 1. The number of rotatable bonds is 4. The zero-order valence-electron chi connectivity index (χ0n) is 10.6. The van der Waals surface area contributed by atoms with Crippen LogP contribution in [-0.4, -0.2) is 18.8 Å². The van der Waals surface area contributed by atoms with E-state index in [-0.39, 0.29) is 0 Å². The summed E-state index contributed by atoms with van der Waals surface area (Å²) in [5.41, 5.74) is 1.15. The van der Waals surface area contributed by atoms with Gasteiger partial charge < -0.3 is 10.1 Å². The Morgan fingerprint density at radius 2 is 2.06 bits per heavy atom. The standard InChI is InChI=1S/C14H19Br2NO/c1-2-4-11-9-10(7-8-18-11)17-14-12(15)5-3-6-13(14)16/h3,5-6,10-11,17H,2,4,7-9H2,1H3. The average Bonchev–Trinajstić information content (AvgIpc) is 2.35. The molecular formula is C14H19Br2NO. The normalized spacial score (nSPS) is 23.9. The van der Waals surface area contributed by atoms with Gasteiger partial charge in [0.25, 0.3) is 0 Å². The molecule has 4 heteroatoms. The molecule has 0 radical (unpaired) electrons. The van der Waals surface area contributed by atoms with Gasteiger partial charge in [-0.2, -0.15) is 0 Å². The molecule has 0 spiro atoms. The lowest BCUT2D eigenvalue weighted by Crippen LogP contribution is -2.34. The fraction of sp³-hybridized carbons (Fsp3) is 0.571. The van der Waals surface area contributed by atoms with Crippen LogP contribution in [-0.2, 0) is 4.74 Å². The van der Waals surface area contributed by atoms with Gasteiger partial charge in [0.05, 0.1) is 11.8 Å². The van der Waals surface area contributed by atoms with Crippen LogP contribution in [0.25, 0.3) is 0 Å². The number of hydrogen-bond donors (Lipinski definition) is 1. The van der Waals surface area contributed by atoms with Gasteiger partial charge in [-0.05, 0) is 63.3 Å². The number of para-hydroxylation sites is 1. The number of halogens is 2. The summed E-state index contributed by atoms with van der Waals surface area (Å²) >= 11 is 7.19. The SMILES string of the molecule is CCCC1CC(Nc2c(Br)cccc2Br)CCO1. The van der Waals surface area contributed by atoms with Crippen molar-refractivity contribution < 1.29 is 4.74 Å². The second-order valence-corrected chi connectivity index (χ2v) is 6.45. The molecule has 0 aromatic heterocycles. The third-order valence-corrected chi connectivity index (χ3v) is 4.61. The molecule has 1 aliphatic rings. The maximum atomic E-state index is 5.78. The third kappa shape index (κ3) is 3.72. The van der Waals surface area contributed by atoms with Crippen molar-refractivity contribution in [3.05, 3.63) is 27.1 Å². The molecule has 1 heterocycles. The van der Waals surface area contributed by atoms with Crippen LogP contribution in [0.3, 0.4) is 0 Å². The Bertz CT molecular complexity index is 375. The van der Waals surface area contributed by atoms with E-state index < -0.39 is 0 Å². The molecule has 100 valence electrons. The van der Waals surface area contributed by atoms with Crippen LogP contribution in [0.15, 0.2) is 27.1 Å². The summed E-state index contributed by atoms with van der Waals surface area (Å²) in [4.78, 5) is 0. The van der Waals surface area contributed by atoms with Gasteiger partial charge in [0.15, 0.2) is 0 Å². The van der Waals surface area contributed by atoms with Crippen molar-refractivity contribution in [2.75, 3.05) is 11.9 Å². The molecule has 1 saturated heterocycles. The van der Waals surface area contributed by atoms with Crippen molar-refractivity contribution in [2.45, 2.75) is 44.8 Å². The summed E-state index contributed by atoms with van der Waals surface area (Å²) in [5.74, 6) is 0. The zero-order valence-corrected chi connectivity index (χ0v) is 13.8. The van der Waals surface area contributed by atoms with Crippen LogP contribution in [0, 0.1) is 0 Å². The molecule has 1 N–H and O–H groups in total. The van der Waals surface area contributed by atoms with Gasteiger partial charge in [-0.3, -0.25) is 0 Å². The van der Waals surface area contributed by atoms with E-state index in [9.17, 15) is 0 Å². The Balaban J connectivity index is 2.00. The molecule has 2 atom stereocenters. The summed E-state index contributed by atoms with van der Waals surface area (Å²) < 4.78 is 8.00. The first-order chi connectivity index (χ1) is 8.70. The van der Waals surface area contributed by atoms with E-state index in [2.05, 4.69) is 56.2 Å². The third-order valence-electron chi connectivity index (χ3n) is 3.29. The van der Waals surface area contributed by atoms with Crippen LogP contribution in [0.4, 0.5) is 5.69 Å². The summed E-state index contributed by atoms with van der Waals surface area (Å²) in [5, 5.41) is 3.63. The molecule has 0 bridgehead atoms.